The van der Waals surface area contributed by atoms with Crippen LogP contribution in [0.3, 0.4) is 0 Å². The fraction of sp³-hybridized carbons (Fsp3) is 0.500. The van der Waals surface area contributed by atoms with Crippen LogP contribution >= 0.6 is 15.9 Å². The lowest BCUT2D eigenvalue weighted by molar-refractivity contribution is 0.150. The first-order chi connectivity index (χ1) is 7.25. The maximum Gasteiger partial charge on any atom is 0.162 e. The first kappa shape index (κ1) is 10.8. The van der Waals surface area contributed by atoms with E-state index in [1.165, 1.54) is 19.3 Å². The van der Waals surface area contributed by atoms with Crippen molar-refractivity contribution in [3.63, 3.8) is 0 Å². The predicted molar refractivity (Wildman–Crippen MR) is 63.3 cm³/mol. The molecule has 1 N–H and O–H groups in total. The van der Waals surface area contributed by atoms with Gasteiger partial charge in [-0.15, -0.1) is 0 Å². The lowest BCUT2D eigenvalue weighted by atomic mass is 9.98. The maximum absolute atomic E-state index is 9.62. The Kier molecular flexibility index (Phi) is 3.52. The monoisotopic (exact) mass is 270 g/mol. The molecule has 0 unspecified atom stereocenters. The molecule has 2 nitrogen and oxygen atoms in total. The van der Waals surface area contributed by atoms with Crippen LogP contribution in [0.2, 0.25) is 0 Å². The van der Waals surface area contributed by atoms with E-state index < -0.39 is 0 Å². The number of rotatable bonds is 2. The van der Waals surface area contributed by atoms with Crippen LogP contribution in [0.25, 0.3) is 0 Å². The molecule has 0 spiro atoms. The minimum atomic E-state index is 0.226. The average Bonchev–Trinajstić information content (AvgIpc) is 2.25. The molecule has 1 aromatic carbocycles. The molecular weight excluding hydrogens is 256 g/mol. The van der Waals surface area contributed by atoms with Crippen molar-refractivity contribution in [1.29, 1.82) is 0 Å². The number of hydrogen-bond donors (Lipinski definition) is 1. The van der Waals surface area contributed by atoms with E-state index in [9.17, 15) is 5.11 Å². The molecule has 3 heteroatoms. The van der Waals surface area contributed by atoms with Gasteiger partial charge in [-0.25, -0.2) is 0 Å². The van der Waals surface area contributed by atoms with E-state index in [1.807, 2.05) is 12.1 Å². The van der Waals surface area contributed by atoms with Gasteiger partial charge < -0.3 is 9.84 Å². The Hall–Kier alpha value is -0.700. The summed E-state index contributed by atoms with van der Waals surface area (Å²) >= 11 is 3.37. The third-order valence-electron chi connectivity index (χ3n) is 2.77. The highest BCUT2D eigenvalue weighted by Gasteiger charge is 2.16. The minimum absolute atomic E-state index is 0.226. The maximum atomic E-state index is 9.62. The molecule has 15 heavy (non-hydrogen) atoms. The Balaban J connectivity index is 2.05. The SMILES string of the molecule is Oc1ccc(Br)cc1OC1CCCCC1. The van der Waals surface area contributed by atoms with Crippen molar-refractivity contribution in [3.8, 4) is 11.5 Å². The van der Waals surface area contributed by atoms with Gasteiger partial charge in [0, 0.05) is 4.47 Å². The van der Waals surface area contributed by atoms with Crippen molar-refractivity contribution in [3.05, 3.63) is 22.7 Å². The van der Waals surface area contributed by atoms with Gasteiger partial charge in [-0.1, -0.05) is 22.4 Å². The standard InChI is InChI=1S/C12H15BrO2/c13-9-6-7-11(14)12(8-9)15-10-4-2-1-3-5-10/h6-8,10,14H,1-5H2. The molecule has 0 atom stereocenters. The summed E-state index contributed by atoms with van der Waals surface area (Å²) in [5.41, 5.74) is 0. The van der Waals surface area contributed by atoms with Gasteiger partial charge in [0.05, 0.1) is 6.10 Å². The zero-order chi connectivity index (χ0) is 10.7. The van der Waals surface area contributed by atoms with Crippen LogP contribution in [0.15, 0.2) is 22.7 Å². The first-order valence-corrected chi connectivity index (χ1v) is 6.20. The molecule has 0 aromatic heterocycles. The zero-order valence-electron chi connectivity index (χ0n) is 8.58. The molecule has 0 amide bonds. The van der Waals surface area contributed by atoms with Gasteiger partial charge >= 0.3 is 0 Å². The largest absolute Gasteiger partial charge is 0.504 e. The summed E-state index contributed by atoms with van der Waals surface area (Å²) in [6.45, 7) is 0. The molecule has 1 aliphatic rings. The fourth-order valence-corrected chi connectivity index (χ4v) is 2.28. The Morgan fingerprint density at radius 3 is 2.67 bits per heavy atom. The summed E-state index contributed by atoms with van der Waals surface area (Å²) in [7, 11) is 0. The van der Waals surface area contributed by atoms with Gasteiger partial charge in [0.2, 0.25) is 0 Å². The second kappa shape index (κ2) is 4.88. The molecule has 1 saturated carbocycles. The summed E-state index contributed by atoms with van der Waals surface area (Å²) in [5.74, 6) is 0.819. The minimum Gasteiger partial charge on any atom is -0.504 e. The Labute approximate surface area is 98.4 Å². The summed E-state index contributed by atoms with van der Waals surface area (Å²) in [4.78, 5) is 0. The molecule has 0 aliphatic heterocycles. The van der Waals surface area contributed by atoms with Gasteiger partial charge in [-0.05, 0) is 43.9 Å². The molecule has 1 aliphatic carbocycles. The van der Waals surface area contributed by atoms with E-state index in [2.05, 4.69) is 15.9 Å². The topological polar surface area (TPSA) is 29.5 Å². The van der Waals surface area contributed by atoms with Crippen LogP contribution < -0.4 is 4.74 Å². The van der Waals surface area contributed by atoms with E-state index in [4.69, 9.17) is 4.74 Å². The summed E-state index contributed by atoms with van der Waals surface area (Å²) in [6.07, 6.45) is 6.26. The van der Waals surface area contributed by atoms with E-state index in [0.717, 1.165) is 17.3 Å². The van der Waals surface area contributed by atoms with Crippen LogP contribution in [-0.4, -0.2) is 11.2 Å². The normalized spacial score (nSPS) is 17.7. The Morgan fingerprint density at radius 1 is 1.20 bits per heavy atom. The Morgan fingerprint density at radius 2 is 1.93 bits per heavy atom. The van der Waals surface area contributed by atoms with Crippen molar-refractivity contribution in [2.75, 3.05) is 0 Å². The zero-order valence-corrected chi connectivity index (χ0v) is 10.2. The van der Waals surface area contributed by atoms with Crippen LogP contribution in [0.1, 0.15) is 32.1 Å². The van der Waals surface area contributed by atoms with Gasteiger partial charge in [-0.3, -0.25) is 0 Å². The number of phenolic OH excluding ortho intramolecular Hbond substituents is 1. The van der Waals surface area contributed by atoms with Crippen LogP contribution in [-0.2, 0) is 0 Å². The number of phenols is 1. The van der Waals surface area contributed by atoms with Gasteiger partial charge in [0.1, 0.15) is 0 Å². The lowest BCUT2D eigenvalue weighted by Crippen LogP contribution is -2.19. The first-order valence-electron chi connectivity index (χ1n) is 5.41. The smallest absolute Gasteiger partial charge is 0.162 e. The predicted octanol–water partition coefficient (Wildman–Crippen LogP) is 3.87. The van der Waals surface area contributed by atoms with Crippen LogP contribution in [0.5, 0.6) is 11.5 Å². The van der Waals surface area contributed by atoms with Gasteiger partial charge in [-0.2, -0.15) is 0 Å². The lowest BCUT2D eigenvalue weighted by Gasteiger charge is -2.23. The Bertz CT molecular complexity index is 332. The molecule has 0 bridgehead atoms. The second-order valence-electron chi connectivity index (χ2n) is 3.99. The summed E-state index contributed by atoms with van der Waals surface area (Å²) < 4.78 is 6.72. The number of ether oxygens (including phenoxy) is 1. The molecule has 1 aromatic rings. The fourth-order valence-electron chi connectivity index (χ4n) is 1.94. The quantitative estimate of drug-likeness (QED) is 0.884. The molecular formula is C12H15BrO2. The van der Waals surface area contributed by atoms with E-state index in [0.29, 0.717) is 5.75 Å². The average molecular weight is 271 g/mol. The number of halogens is 1. The third kappa shape index (κ3) is 2.88. The van der Waals surface area contributed by atoms with Crippen molar-refractivity contribution < 1.29 is 9.84 Å². The summed E-state index contributed by atoms with van der Waals surface area (Å²) in [5, 5.41) is 9.62. The van der Waals surface area contributed by atoms with Gasteiger partial charge in [0.25, 0.3) is 0 Å². The molecule has 1 fully saturated rings. The highest BCUT2D eigenvalue weighted by molar-refractivity contribution is 9.10. The molecule has 2 rings (SSSR count). The number of aromatic hydroxyl groups is 1. The third-order valence-corrected chi connectivity index (χ3v) is 3.26. The van der Waals surface area contributed by atoms with Gasteiger partial charge in [0.15, 0.2) is 11.5 Å². The highest BCUT2D eigenvalue weighted by atomic mass is 79.9. The number of benzene rings is 1. The van der Waals surface area contributed by atoms with Crippen molar-refractivity contribution in [2.45, 2.75) is 38.2 Å². The molecule has 0 saturated heterocycles. The molecule has 0 radical (unpaired) electrons. The van der Waals surface area contributed by atoms with Crippen LogP contribution in [0.4, 0.5) is 0 Å². The van der Waals surface area contributed by atoms with E-state index in [-0.39, 0.29) is 11.9 Å². The molecule has 82 valence electrons. The molecule has 0 heterocycles. The van der Waals surface area contributed by atoms with Crippen molar-refractivity contribution in [1.82, 2.24) is 0 Å². The van der Waals surface area contributed by atoms with Crippen molar-refractivity contribution in [2.24, 2.45) is 0 Å². The van der Waals surface area contributed by atoms with Crippen molar-refractivity contribution >= 4 is 15.9 Å². The van der Waals surface area contributed by atoms with E-state index in [1.54, 1.807) is 6.07 Å². The van der Waals surface area contributed by atoms with Crippen LogP contribution in [0, 0.1) is 0 Å². The van der Waals surface area contributed by atoms with E-state index >= 15 is 0 Å². The second-order valence-corrected chi connectivity index (χ2v) is 4.91. The highest BCUT2D eigenvalue weighted by Crippen LogP contribution is 2.32. The number of hydrogen-bond acceptors (Lipinski definition) is 2. The summed E-state index contributed by atoms with van der Waals surface area (Å²) in [6, 6.07) is 5.29.